The van der Waals surface area contributed by atoms with Gasteiger partial charge in [-0.25, -0.2) is 4.98 Å². The number of rotatable bonds is 2. The van der Waals surface area contributed by atoms with E-state index in [0.717, 1.165) is 29.7 Å². The topological polar surface area (TPSA) is 44.1 Å². The van der Waals surface area contributed by atoms with E-state index in [1.54, 1.807) is 0 Å². The number of hydrogen-bond acceptors (Lipinski definition) is 3. The van der Waals surface area contributed by atoms with Gasteiger partial charge < -0.3 is 9.30 Å². The van der Waals surface area contributed by atoms with Crippen LogP contribution < -0.4 is 0 Å². The van der Waals surface area contributed by atoms with Gasteiger partial charge in [0, 0.05) is 12.1 Å². The van der Waals surface area contributed by atoms with Gasteiger partial charge in [0.2, 0.25) is 0 Å². The van der Waals surface area contributed by atoms with Crippen LogP contribution in [0.4, 0.5) is 0 Å². The van der Waals surface area contributed by atoms with Crippen molar-refractivity contribution in [3.05, 3.63) is 29.0 Å². The summed E-state index contributed by atoms with van der Waals surface area (Å²) in [5.74, 6) is 0.568. The maximum atomic E-state index is 11.9. The quantitative estimate of drug-likeness (QED) is 0.783. The predicted octanol–water partition coefficient (Wildman–Crippen LogP) is 2.43. The Labute approximate surface area is 110 Å². The van der Waals surface area contributed by atoms with Crippen LogP contribution in [0.25, 0.3) is 11.0 Å². The average Bonchev–Trinajstić information content (AvgIpc) is 3.10. The van der Waals surface area contributed by atoms with Crippen molar-refractivity contribution in [2.24, 2.45) is 7.05 Å². The molecule has 0 aliphatic heterocycles. The summed E-state index contributed by atoms with van der Waals surface area (Å²) in [5, 5.41) is 0.648. The van der Waals surface area contributed by atoms with Crippen LogP contribution in [0.1, 0.15) is 18.7 Å². The Morgan fingerprint density at radius 2 is 2.22 bits per heavy atom. The summed E-state index contributed by atoms with van der Waals surface area (Å²) in [6.45, 7) is 0. The number of carbonyl (C=O) groups excluding carboxylic acids is 1. The van der Waals surface area contributed by atoms with Gasteiger partial charge >= 0.3 is 5.97 Å². The van der Waals surface area contributed by atoms with E-state index < -0.39 is 5.41 Å². The van der Waals surface area contributed by atoms with Gasteiger partial charge in [-0.05, 0) is 31.0 Å². The molecule has 1 aromatic carbocycles. The highest BCUT2D eigenvalue weighted by Crippen LogP contribution is 2.49. The van der Waals surface area contributed by atoms with Crippen LogP contribution in [0.2, 0.25) is 5.02 Å². The number of aryl methyl sites for hydroxylation is 1. The molecule has 1 aliphatic rings. The SMILES string of the molecule is COC(=O)C1(c2nc3cc(Cl)ccc3n2C)CC1. The highest BCUT2D eigenvalue weighted by molar-refractivity contribution is 6.31. The van der Waals surface area contributed by atoms with Crippen LogP contribution >= 0.6 is 11.6 Å². The predicted molar refractivity (Wildman–Crippen MR) is 68.7 cm³/mol. The second-order valence-electron chi connectivity index (χ2n) is 4.70. The normalized spacial score (nSPS) is 16.8. The molecule has 94 valence electrons. The Morgan fingerprint density at radius 3 is 2.83 bits per heavy atom. The van der Waals surface area contributed by atoms with E-state index in [1.165, 1.54) is 7.11 Å². The van der Waals surface area contributed by atoms with E-state index in [0.29, 0.717) is 5.02 Å². The minimum Gasteiger partial charge on any atom is -0.468 e. The Hall–Kier alpha value is -1.55. The number of imidazole rings is 1. The Morgan fingerprint density at radius 1 is 1.50 bits per heavy atom. The largest absolute Gasteiger partial charge is 0.468 e. The molecule has 0 bridgehead atoms. The molecule has 1 aliphatic carbocycles. The van der Waals surface area contributed by atoms with Gasteiger partial charge in [-0.1, -0.05) is 11.6 Å². The van der Waals surface area contributed by atoms with Crippen LogP contribution in [-0.2, 0) is 22.0 Å². The second kappa shape index (κ2) is 3.72. The summed E-state index contributed by atoms with van der Waals surface area (Å²) >= 11 is 5.96. The van der Waals surface area contributed by atoms with Gasteiger partial charge in [-0.3, -0.25) is 4.79 Å². The fraction of sp³-hybridized carbons (Fsp3) is 0.385. The van der Waals surface area contributed by atoms with E-state index in [-0.39, 0.29) is 5.97 Å². The van der Waals surface area contributed by atoms with Gasteiger partial charge in [0.15, 0.2) is 0 Å². The van der Waals surface area contributed by atoms with Gasteiger partial charge in [0.05, 0.1) is 18.1 Å². The van der Waals surface area contributed by atoms with E-state index >= 15 is 0 Å². The standard InChI is InChI=1S/C13H13ClN2O2/c1-16-10-4-3-8(14)7-9(10)15-11(16)13(5-6-13)12(17)18-2/h3-4,7H,5-6H2,1-2H3. The zero-order valence-corrected chi connectivity index (χ0v) is 11.0. The average molecular weight is 265 g/mol. The van der Waals surface area contributed by atoms with Crippen molar-refractivity contribution in [2.75, 3.05) is 7.11 Å². The molecule has 4 nitrogen and oxygen atoms in total. The number of aromatic nitrogens is 2. The monoisotopic (exact) mass is 264 g/mol. The van der Waals surface area contributed by atoms with Crippen molar-refractivity contribution in [3.63, 3.8) is 0 Å². The Bertz CT molecular complexity index is 644. The fourth-order valence-electron chi connectivity index (χ4n) is 2.44. The summed E-state index contributed by atoms with van der Waals surface area (Å²) in [5.41, 5.74) is 1.24. The Kier molecular flexibility index (Phi) is 2.38. The molecule has 5 heteroatoms. The summed E-state index contributed by atoms with van der Waals surface area (Å²) in [4.78, 5) is 16.4. The van der Waals surface area contributed by atoms with E-state index in [9.17, 15) is 4.79 Å². The van der Waals surface area contributed by atoms with Gasteiger partial charge in [0.25, 0.3) is 0 Å². The maximum Gasteiger partial charge on any atom is 0.319 e. The van der Waals surface area contributed by atoms with E-state index in [1.807, 2.05) is 29.8 Å². The molecule has 0 saturated heterocycles. The van der Waals surface area contributed by atoms with Gasteiger partial charge in [-0.2, -0.15) is 0 Å². The first-order valence-corrected chi connectivity index (χ1v) is 6.17. The van der Waals surface area contributed by atoms with Crippen molar-refractivity contribution < 1.29 is 9.53 Å². The molecular weight excluding hydrogens is 252 g/mol. The third-order valence-corrected chi connectivity index (χ3v) is 3.83. The smallest absolute Gasteiger partial charge is 0.319 e. The van der Waals surface area contributed by atoms with E-state index in [4.69, 9.17) is 16.3 Å². The first kappa shape index (κ1) is 11.5. The molecule has 0 atom stereocenters. The number of halogens is 1. The van der Waals surface area contributed by atoms with Crippen molar-refractivity contribution >= 4 is 28.6 Å². The molecule has 0 spiro atoms. The van der Waals surface area contributed by atoms with Crippen LogP contribution in [0.3, 0.4) is 0 Å². The number of methoxy groups -OCH3 is 1. The van der Waals surface area contributed by atoms with Crippen LogP contribution in [0.15, 0.2) is 18.2 Å². The van der Waals surface area contributed by atoms with Crippen molar-refractivity contribution in [3.8, 4) is 0 Å². The first-order valence-electron chi connectivity index (χ1n) is 5.79. The van der Waals surface area contributed by atoms with Crippen molar-refractivity contribution in [2.45, 2.75) is 18.3 Å². The summed E-state index contributed by atoms with van der Waals surface area (Å²) in [7, 11) is 3.34. The number of benzene rings is 1. The lowest BCUT2D eigenvalue weighted by molar-refractivity contribution is -0.143. The van der Waals surface area contributed by atoms with Crippen molar-refractivity contribution in [1.29, 1.82) is 0 Å². The third kappa shape index (κ3) is 1.45. The number of ether oxygens (including phenoxy) is 1. The molecule has 2 aromatic rings. The highest BCUT2D eigenvalue weighted by Gasteiger charge is 2.55. The van der Waals surface area contributed by atoms with Gasteiger partial charge in [-0.15, -0.1) is 0 Å². The number of fused-ring (bicyclic) bond motifs is 1. The summed E-state index contributed by atoms with van der Waals surface area (Å²) in [6, 6.07) is 5.56. The molecule has 0 amide bonds. The summed E-state index contributed by atoms with van der Waals surface area (Å²) < 4.78 is 6.84. The molecule has 1 fully saturated rings. The number of esters is 1. The molecule has 3 rings (SSSR count). The van der Waals surface area contributed by atoms with E-state index in [2.05, 4.69) is 4.98 Å². The molecule has 0 N–H and O–H groups in total. The Balaban J connectivity index is 2.19. The molecule has 1 saturated carbocycles. The first-order chi connectivity index (χ1) is 8.58. The van der Waals surface area contributed by atoms with Crippen molar-refractivity contribution in [1.82, 2.24) is 9.55 Å². The fourth-order valence-corrected chi connectivity index (χ4v) is 2.61. The van der Waals surface area contributed by atoms with Crippen LogP contribution in [0, 0.1) is 0 Å². The third-order valence-electron chi connectivity index (χ3n) is 3.60. The second-order valence-corrected chi connectivity index (χ2v) is 5.14. The number of nitrogens with zero attached hydrogens (tertiary/aromatic N) is 2. The molecule has 0 radical (unpaired) electrons. The highest BCUT2D eigenvalue weighted by atomic mass is 35.5. The lowest BCUT2D eigenvalue weighted by Crippen LogP contribution is -2.25. The number of carbonyl (C=O) groups is 1. The van der Waals surface area contributed by atoms with Crippen LogP contribution in [0.5, 0.6) is 0 Å². The minimum atomic E-state index is -0.547. The molecule has 1 heterocycles. The molecule has 18 heavy (non-hydrogen) atoms. The zero-order chi connectivity index (χ0) is 12.9. The maximum absolute atomic E-state index is 11.9. The molecular formula is C13H13ClN2O2. The molecule has 1 aromatic heterocycles. The minimum absolute atomic E-state index is 0.202. The van der Waals surface area contributed by atoms with Crippen LogP contribution in [-0.4, -0.2) is 22.6 Å². The lowest BCUT2D eigenvalue weighted by atomic mass is 10.1. The summed E-state index contributed by atoms with van der Waals surface area (Å²) in [6.07, 6.45) is 1.59. The molecule has 0 unspecified atom stereocenters. The lowest BCUT2D eigenvalue weighted by Gasteiger charge is -2.12. The number of hydrogen-bond donors (Lipinski definition) is 0. The van der Waals surface area contributed by atoms with Gasteiger partial charge in [0.1, 0.15) is 11.2 Å². The zero-order valence-electron chi connectivity index (χ0n) is 10.2.